The molecule has 1 aromatic rings. The van der Waals surface area contributed by atoms with Crippen LogP contribution in [0.3, 0.4) is 0 Å². The monoisotopic (exact) mass is 566 g/mol. The van der Waals surface area contributed by atoms with Crippen LogP contribution in [0.1, 0.15) is 12.5 Å². The molecule has 0 radical (unpaired) electrons. The van der Waals surface area contributed by atoms with E-state index in [0.717, 1.165) is 19.0 Å². The average molecular weight is 571 g/mol. The quantitative estimate of drug-likeness (QED) is 0.277. The van der Waals surface area contributed by atoms with Gasteiger partial charge in [0.05, 0.1) is 0 Å². The van der Waals surface area contributed by atoms with Gasteiger partial charge in [0, 0.05) is 19.0 Å². The van der Waals surface area contributed by atoms with Crippen LogP contribution in [-0.4, -0.2) is 11.1 Å². The van der Waals surface area contributed by atoms with Gasteiger partial charge in [0.2, 0.25) is 0 Å². The highest BCUT2D eigenvalue weighted by molar-refractivity contribution is 9.25. The fourth-order valence-corrected chi connectivity index (χ4v) is 4.68. The summed E-state index contributed by atoms with van der Waals surface area (Å²) in [5.41, 5.74) is 1.10. The fraction of sp³-hybridized carbons (Fsp3) is 0.182. The van der Waals surface area contributed by atoms with E-state index in [1.165, 1.54) is 0 Å². The highest BCUT2D eigenvalue weighted by Gasteiger charge is 2.27. The minimum Gasteiger partial charge on any atom is -0.478 e. The van der Waals surface area contributed by atoms with Gasteiger partial charge in [-0.15, -0.1) is 0 Å². The third-order valence-electron chi connectivity index (χ3n) is 2.13. The van der Waals surface area contributed by atoms with Crippen molar-refractivity contribution in [3.05, 3.63) is 42.8 Å². The van der Waals surface area contributed by atoms with E-state index in [9.17, 15) is 4.79 Å². The first-order valence-electron chi connectivity index (χ1n) is 4.61. The van der Waals surface area contributed by atoms with Crippen molar-refractivity contribution in [2.24, 2.45) is 0 Å². The molecule has 0 unspecified atom stereocenters. The van der Waals surface area contributed by atoms with E-state index in [-0.39, 0.29) is 5.57 Å². The van der Waals surface area contributed by atoms with E-state index in [0.29, 0.717) is 0 Å². The lowest BCUT2D eigenvalue weighted by Crippen LogP contribution is -2.10. The van der Waals surface area contributed by atoms with Crippen molar-refractivity contribution in [3.8, 4) is 0 Å². The molecule has 1 N–H and O–H groups in total. The number of hydrogen-bond acceptors (Lipinski definition) is 1. The highest BCUT2D eigenvalue weighted by atomic mass is 79.9. The summed E-state index contributed by atoms with van der Waals surface area (Å²) in [5.74, 6) is -0.953. The number of aliphatic carboxylic acids is 1. The number of carboxylic acids is 1. The Morgan fingerprint density at radius 1 is 1.22 bits per heavy atom. The molecule has 0 saturated heterocycles. The normalized spacial score (nSPS) is 12.7. The molecule has 98 valence electrons. The van der Waals surface area contributed by atoms with Crippen LogP contribution < -0.4 is 0 Å². The fourth-order valence-electron chi connectivity index (χ4n) is 1.19. The van der Waals surface area contributed by atoms with Gasteiger partial charge in [-0.3, -0.25) is 0 Å². The molecular formula is C11H7Br5O2. The average Bonchev–Trinajstić information content (AvgIpc) is 2.24. The van der Waals surface area contributed by atoms with Crippen molar-refractivity contribution >= 4 is 85.6 Å². The standard InChI is InChI=1S/C11H7Br5O2/c1-5(10(17)18)4-11(15,16)6-2-3-7(12)9(14)8(6)13/h2-4H,1H3,(H,17,18). The molecule has 0 bridgehead atoms. The van der Waals surface area contributed by atoms with Crippen LogP contribution in [0.2, 0.25) is 0 Å². The molecule has 0 aromatic heterocycles. The van der Waals surface area contributed by atoms with Gasteiger partial charge in [-0.25, -0.2) is 4.79 Å². The second kappa shape index (κ2) is 6.52. The van der Waals surface area contributed by atoms with Gasteiger partial charge < -0.3 is 5.11 Å². The Morgan fingerprint density at radius 2 is 1.78 bits per heavy atom. The molecule has 0 spiro atoms. The maximum absolute atomic E-state index is 10.9. The molecule has 0 saturated carbocycles. The second-order valence-corrected chi connectivity index (χ2v) is 9.48. The molecule has 1 rings (SSSR count). The van der Waals surface area contributed by atoms with Crippen LogP contribution in [0, 0.1) is 0 Å². The van der Waals surface area contributed by atoms with Crippen molar-refractivity contribution in [1.82, 2.24) is 0 Å². The summed E-state index contributed by atoms with van der Waals surface area (Å²) >= 11 is 17.3. The molecule has 1 aromatic carbocycles. The molecule has 0 atom stereocenters. The zero-order chi connectivity index (χ0) is 14.1. The Kier molecular flexibility index (Phi) is 6.12. The van der Waals surface area contributed by atoms with E-state index in [1.54, 1.807) is 13.0 Å². The van der Waals surface area contributed by atoms with E-state index in [4.69, 9.17) is 5.11 Å². The summed E-state index contributed by atoms with van der Waals surface area (Å²) in [7, 11) is 0. The number of rotatable bonds is 3. The second-order valence-electron chi connectivity index (χ2n) is 3.48. The smallest absolute Gasteiger partial charge is 0.331 e. The number of alkyl halides is 2. The van der Waals surface area contributed by atoms with Gasteiger partial charge in [-0.05, 0) is 72.4 Å². The van der Waals surface area contributed by atoms with Crippen molar-refractivity contribution in [1.29, 1.82) is 0 Å². The predicted molar refractivity (Wildman–Crippen MR) is 90.5 cm³/mol. The first kappa shape index (κ1) is 16.9. The number of carbonyl (C=O) groups is 1. The summed E-state index contributed by atoms with van der Waals surface area (Å²) in [6.45, 7) is 1.54. The Bertz CT molecular complexity index is 522. The van der Waals surface area contributed by atoms with E-state index >= 15 is 0 Å². The summed E-state index contributed by atoms with van der Waals surface area (Å²) in [6.07, 6.45) is 1.59. The third kappa shape index (κ3) is 3.91. The van der Waals surface area contributed by atoms with Crippen LogP contribution in [0.4, 0.5) is 0 Å². The Hall–Kier alpha value is 0.830. The van der Waals surface area contributed by atoms with Crippen molar-refractivity contribution in [3.63, 3.8) is 0 Å². The molecule has 0 aliphatic carbocycles. The SMILES string of the molecule is CC(=CC(Br)(Br)c1ccc(Br)c(Br)c1Br)C(=O)O. The zero-order valence-electron chi connectivity index (χ0n) is 8.98. The van der Waals surface area contributed by atoms with Gasteiger partial charge >= 0.3 is 5.97 Å². The van der Waals surface area contributed by atoms with Crippen molar-refractivity contribution in [2.75, 3.05) is 0 Å². The Morgan fingerprint density at radius 3 is 2.28 bits per heavy atom. The van der Waals surface area contributed by atoms with Crippen LogP contribution in [0.15, 0.2) is 37.2 Å². The lowest BCUT2D eigenvalue weighted by atomic mass is 10.1. The summed E-state index contributed by atoms with van der Waals surface area (Å²) in [4.78, 5) is 10.9. The van der Waals surface area contributed by atoms with E-state index in [1.807, 2.05) is 12.1 Å². The lowest BCUT2D eigenvalue weighted by molar-refractivity contribution is -0.132. The maximum atomic E-state index is 10.9. The molecule has 7 heteroatoms. The molecule has 18 heavy (non-hydrogen) atoms. The molecule has 0 heterocycles. The van der Waals surface area contributed by atoms with Crippen LogP contribution in [0.5, 0.6) is 0 Å². The third-order valence-corrected chi connectivity index (χ3v) is 6.81. The molecule has 0 aliphatic rings. The number of benzene rings is 1. The Labute approximate surface area is 147 Å². The number of allylic oxidation sites excluding steroid dienone is 1. The minimum atomic E-state index is -0.953. The minimum absolute atomic E-state index is 0.245. The molecular weight excluding hydrogens is 564 g/mol. The van der Waals surface area contributed by atoms with Gasteiger partial charge in [0.25, 0.3) is 0 Å². The molecule has 0 fully saturated rings. The predicted octanol–water partition coefficient (Wildman–Crippen LogP) is 5.95. The van der Waals surface area contributed by atoms with E-state index in [2.05, 4.69) is 79.6 Å². The largest absolute Gasteiger partial charge is 0.478 e. The Balaban J connectivity index is 3.33. The van der Waals surface area contributed by atoms with Gasteiger partial charge in [0.1, 0.15) is 3.23 Å². The van der Waals surface area contributed by atoms with Gasteiger partial charge in [-0.2, -0.15) is 0 Å². The van der Waals surface area contributed by atoms with Crippen LogP contribution >= 0.6 is 79.6 Å². The number of carboxylic acid groups (broad SMARTS) is 1. The van der Waals surface area contributed by atoms with Crippen LogP contribution in [-0.2, 0) is 8.03 Å². The number of halogens is 5. The summed E-state index contributed by atoms with van der Waals surface area (Å²) < 4.78 is 1.86. The van der Waals surface area contributed by atoms with Crippen molar-refractivity contribution < 1.29 is 9.90 Å². The maximum Gasteiger partial charge on any atom is 0.331 e. The first-order chi connectivity index (χ1) is 8.16. The first-order valence-corrected chi connectivity index (χ1v) is 8.58. The zero-order valence-corrected chi connectivity index (χ0v) is 16.9. The summed E-state index contributed by atoms with van der Waals surface area (Å²) in [5, 5.41) is 8.92. The molecule has 2 nitrogen and oxygen atoms in total. The highest BCUT2D eigenvalue weighted by Crippen LogP contribution is 2.47. The van der Waals surface area contributed by atoms with E-state index < -0.39 is 9.20 Å². The number of hydrogen-bond donors (Lipinski definition) is 1. The van der Waals surface area contributed by atoms with Gasteiger partial charge in [0.15, 0.2) is 0 Å². The topological polar surface area (TPSA) is 37.3 Å². The summed E-state index contributed by atoms with van der Waals surface area (Å²) in [6, 6.07) is 3.76. The lowest BCUT2D eigenvalue weighted by Gasteiger charge is -2.20. The van der Waals surface area contributed by atoms with Crippen LogP contribution in [0.25, 0.3) is 0 Å². The van der Waals surface area contributed by atoms with Gasteiger partial charge in [-0.1, -0.05) is 37.9 Å². The van der Waals surface area contributed by atoms with Crippen molar-refractivity contribution in [2.45, 2.75) is 10.2 Å². The molecule has 0 aliphatic heterocycles. The molecule has 0 amide bonds.